The van der Waals surface area contributed by atoms with Crippen molar-refractivity contribution in [3.8, 4) is 0 Å². The quantitative estimate of drug-likeness (QED) is 0.939. The van der Waals surface area contributed by atoms with Crippen LogP contribution in [-0.2, 0) is 6.42 Å². The Labute approximate surface area is 102 Å². The molecule has 1 aromatic heterocycles. The lowest BCUT2D eigenvalue weighted by molar-refractivity contribution is 0.177. The molecule has 0 bridgehead atoms. The fourth-order valence-electron chi connectivity index (χ4n) is 1.46. The van der Waals surface area contributed by atoms with Gasteiger partial charge in [0.15, 0.2) is 0 Å². The van der Waals surface area contributed by atoms with Gasteiger partial charge in [0.2, 0.25) is 0 Å². The van der Waals surface area contributed by atoms with Gasteiger partial charge in [-0.15, -0.1) is 0 Å². The number of hydrogen-bond acceptors (Lipinski definition) is 3. The van der Waals surface area contributed by atoms with Crippen molar-refractivity contribution in [1.82, 2.24) is 9.97 Å². The van der Waals surface area contributed by atoms with Gasteiger partial charge in [-0.25, -0.2) is 9.97 Å². The van der Waals surface area contributed by atoms with E-state index in [9.17, 15) is 5.11 Å². The minimum absolute atomic E-state index is 0.479. The summed E-state index contributed by atoms with van der Waals surface area (Å²) in [6.45, 7) is 0. The summed E-state index contributed by atoms with van der Waals surface area (Å²) in [7, 11) is 0. The topological polar surface area (TPSA) is 46.0 Å². The van der Waals surface area contributed by atoms with E-state index in [1.165, 1.54) is 6.33 Å². The van der Waals surface area contributed by atoms with Crippen LogP contribution in [0.25, 0.3) is 0 Å². The van der Waals surface area contributed by atoms with Gasteiger partial charge in [-0.3, -0.25) is 0 Å². The Bertz CT molecular complexity index is 462. The molecule has 2 aromatic rings. The van der Waals surface area contributed by atoms with Gasteiger partial charge in [-0.05, 0) is 21.5 Å². The number of hydrogen-bond donors (Lipinski definition) is 1. The highest BCUT2D eigenvalue weighted by Gasteiger charge is 2.11. The minimum Gasteiger partial charge on any atom is -0.388 e. The van der Waals surface area contributed by atoms with Crippen LogP contribution in [0.2, 0.25) is 0 Å². The van der Waals surface area contributed by atoms with E-state index in [1.807, 2.05) is 30.3 Å². The molecule has 0 saturated carbocycles. The first-order chi connectivity index (χ1) is 7.77. The zero-order valence-corrected chi connectivity index (χ0v) is 10.1. The van der Waals surface area contributed by atoms with E-state index in [2.05, 4.69) is 25.9 Å². The molecule has 1 unspecified atom stereocenters. The number of aromatic nitrogens is 2. The second-order valence-corrected chi connectivity index (χ2v) is 4.30. The van der Waals surface area contributed by atoms with Crippen LogP contribution >= 0.6 is 15.9 Å². The van der Waals surface area contributed by atoms with Gasteiger partial charge >= 0.3 is 0 Å². The van der Waals surface area contributed by atoms with Crippen LogP contribution in [0.4, 0.5) is 0 Å². The smallest absolute Gasteiger partial charge is 0.115 e. The molecule has 0 saturated heterocycles. The molecule has 1 aromatic carbocycles. The largest absolute Gasteiger partial charge is 0.388 e. The fourth-order valence-corrected chi connectivity index (χ4v) is 1.85. The summed E-state index contributed by atoms with van der Waals surface area (Å²) in [5, 5.41) is 10.0. The summed E-state index contributed by atoms with van der Waals surface area (Å²) in [4.78, 5) is 8.01. The van der Waals surface area contributed by atoms with Gasteiger partial charge in [-0.1, -0.05) is 30.3 Å². The van der Waals surface area contributed by atoms with Gasteiger partial charge in [0.05, 0.1) is 16.3 Å². The molecule has 1 heterocycles. The van der Waals surface area contributed by atoms with Gasteiger partial charge in [-0.2, -0.15) is 0 Å². The van der Waals surface area contributed by atoms with Crippen molar-refractivity contribution in [2.45, 2.75) is 12.5 Å². The first-order valence-electron chi connectivity index (χ1n) is 4.95. The Balaban J connectivity index is 2.14. The second kappa shape index (κ2) is 5.18. The van der Waals surface area contributed by atoms with E-state index in [0.29, 0.717) is 6.42 Å². The number of halogens is 1. The SMILES string of the molecule is OC(Cc1ncncc1Br)c1ccccc1. The maximum Gasteiger partial charge on any atom is 0.115 e. The van der Waals surface area contributed by atoms with E-state index >= 15 is 0 Å². The zero-order chi connectivity index (χ0) is 11.4. The third kappa shape index (κ3) is 2.65. The molecule has 82 valence electrons. The summed E-state index contributed by atoms with van der Waals surface area (Å²) in [6.07, 6.45) is 3.11. The molecule has 1 N–H and O–H groups in total. The fraction of sp³-hybridized carbons (Fsp3) is 0.167. The van der Waals surface area contributed by atoms with Gasteiger partial charge in [0, 0.05) is 12.6 Å². The Kier molecular flexibility index (Phi) is 3.64. The summed E-state index contributed by atoms with van der Waals surface area (Å²) >= 11 is 3.36. The molecule has 16 heavy (non-hydrogen) atoms. The summed E-state index contributed by atoms with van der Waals surface area (Å²) < 4.78 is 0.824. The van der Waals surface area contributed by atoms with E-state index in [0.717, 1.165) is 15.7 Å². The maximum atomic E-state index is 10.0. The van der Waals surface area contributed by atoms with Crippen molar-refractivity contribution < 1.29 is 5.11 Å². The zero-order valence-electron chi connectivity index (χ0n) is 8.55. The lowest BCUT2D eigenvalue weighted by Crippen LogP contribution is -2.04. The van der Waals surface area contributed by atoms with Crippen LogP contribution in [-0.4, -0.2) is 15.1 Å². The lowest BCUT2D eigenvalue weighted by atomic mass is 10.1. The number of nitrogens with zero attached hydrogens (tertiary/aromatic N) is 2. The van der Waals surface area contributed by atoms with E-state index < -0.39 is 6.10 Å². The molecule has 0 amide bonds. The molecule has 1 atom stereocenters. The summed E-state index contributed by atoms with van der Waals surface area (Å²) in [5.41, 5.74) is 1.71. The molecule has 0 radical (unpaired) electrons. The Morgan fingerprint density at radius 1 is 1.25 bits per heavy atom. The summed E-state index contributed by atoms with van der Waals surface area (Å²) in [6, 6.07) is 9.55. The van der Waals surface area contributed by atoms with Crippen LogP contribution in [0.5, 0.6) is 0 Å². The molecule has 0 aliphatic heterocycles. The van der Waals surface area contributed by atoms with Crippen LogP contribution in [0.3, 0.4) is 0 Å². The molecular weight excluding hydrogens is 268 g/mol. The first-order valence-corrected chi connectivity index (χ1v) is 5.74. The number of rotatable bonds is 3. The van der Waals surface area contributed by atoms with E-state index in [4.69, 9.17) is 0 Å². The maximum absolute atomic E-state index is 10.0. The monoisotopic (exact) mass is 278 g/mol. The molecule has 3 nitrogen and oxygen atoms in total. The molecule has 2 rings (SSSR count). The number of aliphatic hydroxyl groups excluding tert-OH is 1. The molecule has 0 spiro atoms. The van der Waals surface area contributed by atoms with Gasteiger partial charge in [0.25, 0.3) is 0 Å². The first kappa shape index (κ1) is 11.2. The standard InChI is InChI=1S/C12H11BrN2O/c13-10-7-14-8-15-11(10)6-12(16)9-4-2-1-3-5-9/h1-5,7-8,12,16H,6H2. The van der Waals surface area contributed by atoms with Gasteiger partial charge < -0.3 is 5.11 Å². The highest BCUT2D eigenvalue weighted by molar-refractivity contribution is 9.10. The normalized spacial score (nSPS) is 12.4. The van der Waals surface area contributed by atoms with Crippen molar-refractivity contribution in [3.63, 3.8) is 0 Å². The van der Waals surface area contributed by atoms with Crippen LogP contribution in [0, 0.1) is 0 Å². The van der Waals surface area contributed by atoms with Crippen LogP contribution < -0.4 is 0 Å². The average Bonchev–Trinajstić information content (AvgIpc) is 2.33. The lowest BCUT2D eigenvalue weighted by Gasteiger charge is -2.10. The Morgan fingerprint density at radius 2 is 2.00 bits per heavy atom. The average molecular weight is 279 g/mol. The van der Waals surface area contributed by atoms with E-state index in [1.54, 1.807) is 6.20 Å². The van der Waals surface area contributed by atoms with Crippen LogP contribution in [0.1, 0.15) is 17.4 Å². The molecule has 0 fully saturated rings. The van der Waals surface area contributed by atoms with Crippen molar-refractivity contribution >= 4 is 15.9 Å². The van der Waals surface area contributed by atoms with E-state index in [-0.39, 0.29) is 0 Å². The van der Waals surface area contributed by atoms with Crippen molar-refractivity contribution in [1.29, 1.82) is 0 Å². The number of benzene rings is 1. The van der Waals surface area contributed by atoms with Crippen molar-refractivity contribution in [2.24, 2.45) is 0 Å². The predicted octanol–water partition coefficient (Wildman–Crippen LogP) is 2.52. The highest BCUT2D eigenvalue weighted by atomic mass is 79.9. The number of aliphatic hydroxyl groups is 1. The molecule has 0 aliphatic rings. The summed E-state index contributed by atoms with van der Waals surface area (Å²) in [5.74, 6) is 0. The third-order valence-corrected chi connectivity index (χ3v) is 2.98. The Hall–Kier alpha value is -1.26. The molecule has 4 heteroatoms. The predicted molar refractivity (Wildman–Crippen MR) is 64.8 cm³/mol. The van der Waals surface area contributed by atoms with Crippen LogP contribution in [0.15, 0.2) is 47.3 Å². The highest BCUT2D eigenvalue weighted by Crippen LogP contribution is 2.21. The third-order valence-electron chi connectivity index (χ3n) is 2.31. The van der Waals surface area contributed by atoms with Gasteiger partial charge in [0.1, 0.15) is 6.33 Å². The van der Waals surface area contributed by atoms with Crippen molar-refractivity contribution in [3.05, 3.63) is 58.6 Å². The minimum atomic E-state index is -0.535. The second-order valence-electron chi connectivity index (χ2n) is 3.45. The van der Waals surface area contributed by atoms with Crippen molar-refractivity contribution in [2.75, 3.05) is 0 Å². The molecular formula is C12H11BrN2O. The Morgan fingerprint density at radius 3 is 2.69 bits per heavy atom. The molecule has 0 aliphatic carbocycles.